The van der Waals surface area contributed by atoms with Crippen molar-refractivity contribution in [2.45, 2.75) is 13.0 Å². The van der Waals surface area contributed by atoms with E-state index in [2.05, 4.69) is 35.5 Å². The highest BCUT2D eigenvalue weighted by atomic mass is 35.5. The summed E-state index contributed by atoms with van der Waals surface area (Å²) in [5.74, 6) is 0. The Labute approximate surface area is 126 Å². The largest absolute Gasteiger partial charge is 0.385 e. The lowest BCUT2D eigenvalue weighted by Gasteiger charge is -2.17. The summed E-state index contributed by atoms with van der Waals surface area (Å²) in [5.41, 5.74) is 2.37. The summed E-state index contributed by atoms with van der Waals surface area (Å²) in [6.07, 6.45) is 1.11. The maximum Gasteiger partial charge on any atom is 0.0451 e. The van der Waals surface area contributed by atoms with Gasteiger partial charge in [-0.15, -0.1) is 0 Å². The van der Waals surface area contributed by atoms with Gasteiger partial charge in [-0.1, -0.05) is 48.0 Å². The van der Waals surface area contributed by atoms with Crippen molar-refractivity contribution in [2.75, 3.05) is 25.5 Å². The van der Waals surface area contributed by atoms with Crippen LogP contribution in [0.4, 0.5) is 5.69 Å². The average molecular weight is 289 g/mol. The first-order valence-corrected chi connectivity index (χ1v) is 7.34. The number of hydrogen-bond donors (Lipinski definition) is 1. The smallest absolute Gasteiger partial charge is 0.0451 e. The van der Waals surface area contributed by atoms with Crippen molar-refractivity contribution in [1.29, 1.82) is 0 Å². The minimum absolute atomic E-state index is 0.849. The highest BCUT2D eigenvalue weighted by Crippen LogP contribution is 2.16. The van der Waals surface area contributed by atoms with Gasteiger partial charge in [-0.2, -0.15) is 0 Å². The predicted octanol–water partition coefficient (Wildman–Crippen LogP) is 4.27. The summed E-state index contributed by atoms with van der Waals surface area (Å²) in [6, 6.07) is 18.3. The highest BCUT2D eigenvalue weighted by Gasteiger charge is 2.03. The lowest BCUT2D eigenvalue weighted by molar-refractivity contribution is 0.325. The molecule has 0 aliphatic carbocycles. The molecule has 0 unspecified atom stereocenters. The molecule has 0 aromatic heterocycles. The lowest BCUT2D eigenvalue weighted by Crippen LogP contribution is -2.21. The van der Waals surface area contributed by atoms with Crippen molar-refractivity contribution in [3.63, 3.8) is 0 Å². The van der Waals surface area contributed by atoms with Gasteiger partial charge in [0, 0.05) is 23.8 Å². The summed E-state index contributed by atoms with van der Waals surface area (Å²) in [6.45, 7) is 2.92. The molecule has 2 aromatic carbocycles. The third kappa shape index (κ3) is 4.87. The quantitative estimate of drug-likeness (QED) is 0.765. The molecular weight excluding hydrogens is 268 g/mol. The first-order chi connectivity index (χ1) is 9.75. The zero-order valence-corrected chi connectivity index (χ0v) is 12.6. The standard InChI is InChI=1S/C17H21ClN2/c1-20(14-15-8-5-6-11-17(15)18)13-7-12-19-16-9-3-2-4-10-16/h2-6,8-11,19H,7,12-14H2,1H3. The maximum absolute atomic E-state index is 6.17. The Balaban J connectivity index is 1.68. The van der Waals surface area contributed by atoms with Crippen LogP contribution in [0.5, 0.6) is 0 Å². The Morgan fingerprint density at radius 1 is 1.00 bits per heavy atom. The molecule has 0 spiro atoms. The SMILES string of the molecule is CN(CCCNc1ccccc1)Cc1ccccc1Cl. The summed E-state index contributed by atoms with van der Waals surface area (Å²) in [4.78, 5) is 2.30. The zero-order valence-electron chi connectivity index (χ0n) is 11.8. The molecular formula is C17H21ClN2. The van der Waals surface area contributed by atoms with Crippen LogP contribution in [0.3, 0.4) is 0 Å². The second-order valence-corrected chi connectivity index (χ2v) is 5.38. The van der Waals surface area contributed by atoms with Crippen molar-refractivity contribution in [3.05, 3.63) is 65.2 Å². The van der Waals surface area contributed by atoms with E-state index in [1.165, 1.54) is 11.3 Å². The monoisotopic (exact) mass is 288 g/mol. The number of anilines is 1. The number of halogens is 1. The normalized spacial score (nSPS) is 10.8. The average Bonchev–Trinajstić information content (AvgIpc) is 2.47. The van der Waals surface area contributed by atoms with E-state index < -0.39 is 0 Å². The van der Waals surface area contributed by atoms with Gasteiger partial charge in [0.05, 0.1) is 0 Å². The Bertz CT molecular complexity index is 513. The van der Waals surface area contributed by atoms with Gasteiger partial charge in [-0.25, -0.2) is 0 Å². The molecule has 0 heterocycles. The van der Waals surface area contributed by atoms with Gasteiger partial charge in [0.25, 0.3) is 0 Å². The Morgan fingerprint density at radius 3 is 2.45 bits per heavy atom. The maximum atomic E-state index is 6.17. The van der Waals surface area contributed by atoms with Crippen LogP contribution in [0.1, 0.15) is 12.0 Å². The van der Waals surface area contributed by atoms with E-state index in [1.54, 1.807) is 0 Å². The molecule has 0 aliphatic heterocycles. The van der Waals surface area contributed by atoms with Crippen molar-refractivity contribution in [1.82, 2.24) is 4.90 Å². The van der Waals surface area contributed by atoms with Crippen molar-refractivity contribution in [3.8, 4) is 0 Å². The minimum Gasteiger partial charge on any atom is -0.385 e. The second-order valence-electron chi connectivity index (χ2n) is 4.98. The van der Waals surface area contributed by atoms with Crippen LogP contribution < -0.4 is 5.32 Å². The van der Waals surface area contributed by atoms with Crippen LogP contribution in [0.2, 0.25) is 5.02 Å². The summed E-state index contributed by atoms with van der Waals surface area (Å²) in [5, 5.41) is 4.27. The second kappa shape index (κ2) is 7.93. The predicted molar refractivity (Wildman–Crippen MR) is 87.3 cm³/mol. The number of rotatable bonds is 7. The van der Waals surface area contributed by atoms with E-state index in [9.17, 15) is 0 Å². The van der Waals surface area contributed by atoms with E-state index in [-0.39, 0.29) is 0 Å². The van der Waals surface area contributed by atoms with Crippen LogP contribution >= 0.6 is 11.6 Å². The van der Waals surface area contributed by atoms with Crippen LogP contribution in [0.15, 0.2) is 54.6 Å². The van der Waals surface area contributed by atoms with Gasteiger partial charge in [-0.05, 0) is 43.8 Å². The molecule has 0 radical (unpaired) electrons. The van der Waals surface area contributed by atoms with E-state index in [0.717, 1.165) is 31.1 Å². The fraction of sp³-hybridized carbons (Fsp3) is 0.294. The first kappa shape index (κ1) is 14.9. The molecule has 2 nitrogen and oxygen atoms in total. The molecule has 20 heavy (non-hydrogen) atoms. The van der Waals surface area contributed by atoms with E-state index in [1.807, 2.05) is 36.4 Å². The number of hydrogen-bond acceptors (Lipinski definition) is 2. The topological polar surface area (TPSA) is 15.3 Å². The molecule has 0 fully saturated rings. The fourth-order valence-electron chi connectivity index (χ4n) is 2.13. The Morgan fingerprint density at radius 2 is 1.70 bits per heavy atom. The van der Waals surface area contributed by atoms with Crippen molar-refractivity contribution >= 4 is 17.3 Å². The molecule has 0 saturated heterocycles. The van der Waals surface area contributed by atoms with Crippen molar-refractivity contribution in [2.24, 2.45) is 0 Å². The molecule has 3 heteroatoms. The van der Waals surface area contributed by atoms with E-state index in [0.29, 0.717) is 0 Å². The van der Waals surface area contributed by atoms with Gasteiger partial charge < -0.3 is 10.2 Å². The third-order valence-corrected chi connectivity index (χ3v) is 3.59. The molecule has 0 amide bonds. The summed E-state index contributed by atoms with van der Waals surface area (Å²) in [7, 11) is 2.13. The van der Waals surface area contributed by atoms with Gasteiger partial charge in [-0.3, -0.25) is 0 Å². The lowest BCUT2D eigenvalue weighted by atomic mass is 10.2. The number of nitrogens with one attached hydrogen (secondary N) is 1. The van der Waals surface area contributed by atoms with Gasteiger partial charge >= 0.3 is 0 Å². The fourth-order valence-corrected chi connectivity index (χ4v) is 2.33. The van der Waals surface area contributed by atoms with Gasteiger partial charge in [0.2, 0.25) is 0 Å². The Hall–Kier alpha value is -1.51. The molecule has 2 aromatic rings. The molecule has 2 rings (SSSR count). The summed E-state index contributed by atoms with van der Waals surface area (Å²) >= 11 is 6.17. The minimum atomic E-state index is 0.849. The van der Waals surface area contributed by atoms with Crippen molar-refractivity contribution < 1.29 is 0 Å². The molecule has 106 valence electrons. The summed E-state index contributed by atoms with van der Waals surface area (Å²) < 4.78 is 0. The number of para-hydroxylation sites is 1. The van der Waals surface area contributed by atoms with Crippen LogP contribution in [0, 0.1) is 0 Å². The third-order valence-electron chi connectivity index (χ3n) is 3.22. The van der Waals surface area contributed by atoms with Crippen LogP contribution in [0.25, 0.3) is 0 Å². The Kier molecular flexibility index (Phi) is 5.90. The molecule has 0 saturated carbocycles. The molecule has 0 bridgehead atoms. The highest BCUT2D eigenvalue weighted by molar-refractivity contribution is 6.31. The van der Waals surface area contributed by atoms with E-state index >= 15 is 0 Å². The number of nitrogens with zero attached hydrogens (tertiary/aromatic N) is 1. The molecule has 0 aliphatic rings. The zero-order chi connectivity index (χ0) is 14.2. The number of benzene rings is 2. The van der Waals surface area contributed by atoms with Crippen LogP contribution in [-0.4, -0.2) is 25.0 Å². The first-order valence-electron chi connectivity index (χ1n) is 6.96. The van der Waals surface area contributed by atoms with Gasteiger partial charge in [0.1, 0.15) is 0 Å². The molecule has 0 atom stereocenters. The molecule has 1 N–H and O–H groups in total. The van der Waals surface area contributed by atoms with Crippen LogP contribution in [-0.2, 0) is 6.54 Å². The van der Waals surface area contributed by atoms with E-state index in [4.69, 9.17) is 11.6 Å². The van der Waals surface area contributed by atoms with Gasteiger partial charge in [0.15, 0.2) is 0 Å².